The summed E-state index contributed by atoms with van der Waals surface area (Å²) >= 11 is 0. The summed E-state index contributed by atoms with van der Waals surface area (Å²) in [6, 6.07) is 11.5. The molecule has 0 saturated heterocycles. The van der Waals surface area contributed by atoms with Crippen molar-refractivity contribution in [2.24, 2.45) is 5.73 Å². The number of anilines is 1. The van der Waals surface area contributed by atoms with Crippen molar-refractivity contribution in [2.45, 2.75) is 32.4 Å². The van der Waals surface area contributed by atoms with E-state index >= 15 is 0 Å². The Bertz CT molecular complexity index is 1220. The van der Waals surface area contributed by atoms with Crippen LogP contribution in [0.3, 0.4) is 0 Å². The number of hydrogen-bond donors (Lipinski definition) is 3. The second kappa shape index (κ2) is 10.9. The molecule has 4 N–H and O–H groups in total. The number of nitrogens with two attached hydrogens (primary N) is 1. The van der Waals surface area contributed by atoms with Crippen LogP contribution in [0.1, 0.15) is 51.7 Å². The lowest BCUT2D eigenvalue weighted by Gasteiger charge is -2.10. The van der Waals surface area contributed by atoms with Gasteiger partial charge >= 0.3 is 12.1 Å². The van der Waals surface area contributed by atoms with E-state index in [4.69, 9.17) is 10.5 Å². The van der Waals surface area contributed by atoms with Crippen LogP contribution in [0, 0.1) is 0 Å². The molecule has 0 unspecified atom stereocenters. The van der Waals surface area contributed by atoms with E-state index in [2.05, 4.69) is 10.3 Å². The van der Waals surface area contributed by atoms with Crippen molar-refractivity contribution in [2.75, 3.05) is 11.9 Å². The molecule has 3 rings (SSSR count). The molecule has 0 fully saturated rings. The van der Waals surface area contributed by atoms with Crippen LogP contribution in [0.25, 0.3) is 11.1 Å². The van der Waals surface area contributed by atoms with E-state index in [1.54, 1.807) is 37.3 Å². The van der Waals surface area contributed by atoms with E-state index in [0.29, 0.717) is 35.2 Å². The Morgan fingerprint density at radius 3 is 2.43 bits per heavy atom. The first kappa shape index (κ1) is 25.5. The number of hydrogen-bond acceptors (Lipinski definition) is 4. The van der Waals surface area contributed by atoms with Gasteiger partial charge in [-0.2, -0.15) is 13.2 Å². The zero-order valence-electron chi connectivity index (χ0n) is 18.9. The molecular formula is C25H24F3N3O4. The van der Waals surface area contributed by atoms with Gasteiger partial charge in [-0.3, -0.25) is 9.59 Å². The van der Waals surface area contributed by atoms with Crippen LogP contribution in [0.2, 0.25) is 0 Å². The predicted molar refractivity (Wildman–Crippen MR) is 124 cm³/mol. The largest absolute Gasteiger partial charge is 0.462 e. The first-order valence-corrected chi connectivity index (χ1v) is 10.8. The molecule has 0 atom stereocenters. The number of ether oxygens (including phenoxy) is 1. The number of carbonyl (C=O) groups is 3. The molecule has 0 saturated carbocycles. The number of halogens is 3. The number of rotatable bonds is 9. The standard InChI is InChI=1S/C25H24F3N3O4/c1-2-35-24(34)19-14-30-22(23(29)33)21(19)16-9-11-18(12-10-16)31-20(32)8-4-6-15-5-3-7-17(13-15)25(26,27)28/h3,5,7,9-14,30H,2,4,6,8H2,1H3,(H2,29,33)(H,31,32). The van der Waals surface area contributed by atoms with Gasteiger partial charge in [-0.15, -0.1) is 0 Å². The summed E-state index contributed by atoms with van der Waals surface area (Å²) in [5, 5.41) is 2.72. The first-order chi connectivity index (χ1) is 16.6. The van der Waals surface area contributed by atoms with Crippen LogP contribution in [0.5, 0.6) is 0 Å². The van der Waals surface area contributed by atoms with Gasteiger partial charge in [0.15, 0.2) is 0 Å². The lowest BCUT2D eigenvalue weighted by atomic mass is 10.0. The number of esters is 1. The molecular weight excluding hydrogens is 463 g/mol. The quantitative estimate of drug-likeness (QED) is 0.371. The fourth-order valence-corrected chi connectivity index (χ4v) is 3.59. The van der Waals surface area contributed by atoms with Crippen molar-refractivity contribution >= 4 is 23.5 Å². The highest BCUT2D eigenvalue weighted by Crippen LogP contribution is 2.31. The summed E-state index contributed by atoms with van der Waals surface area (Å²) in [6.45, 7) is 1.82. The monoisotopic (exact) mass is 487 g/mol. The van der Waals surface area contributed by atoms with Crippen LogP contribution in [0.4, 0.5) is 18.9 Å². The third-order valence-corrected chi connectivity index (χ3v) is 5.20. The van der Waals surface area contributed by atoms with E-state index in [0.717, 1.165) is 12.1 Å². The lowest BCUT2D eigenvalue weighted by Crippen LogP contribution is -2.14. The molecule has 0 radical (unpaired) electrons. The summed E-state index contributed by atoms with van der Waals surface area (Å²) in [5.74, 6) is -1.64. The van der Waals surface area contributed by atoms with Crippen molar-refractivity contribution in [3.05, 3.63) is 77.1 Å². The smallest absolute Gasteiger partial charge is 0.416 e. The Morgan fingerprint density at radius 2 is 1.80 bits per heavy atom. The van der Waals surface area contributed by atoms with Crippen LogP contribution < -0.4 is 11.1 Å². The summed E-state index contributed by atoms with van der Waals surface area (Å²) < 4.78 is 43.5. The van der Waals surface area contributed by atoms with E-state index < -0.39 is 23.6 Å². The number of alkyl halides is 3. The average molecular weight is 487 g/mol. The molecule has 0 bridgehead atoms. The molecule has 184 valence electrons. The zero-order chi connectivity index (χ0) is 25.6. The van der Waals surface area contributed by atoms with Crippen LogP contribution in [-0.4, -0.2) is 29.4 Å². The maximum absolute atomic E-state index is 12.8. The molecule has 1 aromatic heterocycles. The molecule has 0 aliphatic rings. The third kappa shape index (κ3) is 6.50. The Labute approximate surface area is 199 Å². The number of H-pyrrole nitrogens is 1. The van der Waals surface area contributed by atoms with Gasteiger partial charge in [0.05, 0.1) is 17.7 Å². The maximum Gasteiger partial charge on any atom is 0.416 e. The Morgan fingerprint density at radius 1 is 1.09 bits per heavy atom. The minimum Gasteiger partial charge on any atom is -0.462 e. The Hall–Kier alpha value is -4.08. The van der Waals surface area contributed by atoms with Crippen molar-refractivity contribution in [3.63, 3.8) is 0 Å². The Balaban J connectivity index is 1.63. The second-order valence-corrected chi connectivity index (χ2v) is 7.71. The highest BCUT2D eigenvalue weighted by atomic mass is 19.4. The van der Waals surface area contributed by atoms with Gasteiger partial charge in [-0.1, -0.05) is 30.3 Å². The number of aromatic amines is 1. The summed E-state index contributed by atoms with van der Waals surface area (Å²) in [6.07, 6.45) is -2.23. The van der Waals surface area contributed by atoms with E-state index in [1.165, 1.54) is 12.3 Å². The normalized spacial score (nSPS) is 11.2. The van der Waals surface area contributed by atoms with Gasteiger partial charge in [-0.05, 0) is 49.1 Å². The van der Waals surface area contributed by atoms with Crippen molar-refractivity contribution in [1.82, 2.24) is 4.98 Å². The molecule has 0 aliphatic carbocycles. The number of nitrogens with one attached hydrogen (secondary N) is 2. The highest BCUT2D eigenvalue weighted by molar-refractivity contribution is 6.06. The summed E-state index contributed by atoms with van der Waals surface area (Å²) in [4.78, 5) is 39.0. The molecule has 7 nitrogen and oxygen atoms in total. The lowest BCUT2D eigenvalue weighted by molar-refractivity contribution is -0.137. The third-order valence-electron chi connectivity index (χ3n) is 5.20. The van der Waals surface area contributed by atoms with Crippen molar-refractivity contribution in [3.8, 4) is 11.1 Å². The first-order valence-electron chi connectivity index (χ1n) is 10.8. The summed E-state index contributed by atoms with van der Waals surface area (Å²) in [5.41, 5.74) is 6.72. The molecule has 10 heteroatoms. The molecule has 1 heterocycles. The van der Waals surface area contributed by atoms with E-state index in [-0.39, 0.29) is 30.2 Å². The van der Waals surface area contributed by atoms with Crippen LogP contribution in [0.15, 0.2) is 54.7 Å². The van der Waals surface area contributed by atoms with E-state index in [1.807, 2.05) is 0 Å². The maximum atomic E-state index is 12.8. The minimum absolute atomic E-state index is 0.0550. The fraction of sp³-hybridized carbons (Fsp3) is 0.240. The van der Waals surface area contributed by atoms with Gasteiger partial charge in [0.25, 0.3) is 5.91 Å². The Kier molecular flexibility index (Phi) is 7.95. The number of amides is 2. The number of carbonyl (C=O) groups excluding carboxylic acids is 3. The van der Waals surface area contributed by atoms with Crippen LogP contribution in [-0.2, 0) is 22.1 Å². The second-order valence-electron chi connectivity index (χ2n) is 7.71. The topological polar surface area (TPSA) is 114 Å². The van der Waals surface area contributed by atoms with Gasteiger partial charge < -0.3 is 20.8 Å². The zero-order valence-corrected chi connectivity index (χ0v) is 18.9. The average Bonchev–Trinajstić information content (AvgIpc) is 3.25. The van der Waals surface area contributed by atoms with E-state index in [9.17, 15) is 27.6 Å². The van der Waals surface area contributed by atoms with Crippen LogP contribution >= 0.6 is 0 Å². The number of primary amides is 1. The molecule has 2 aromatic carbocycles. The number of aromatic nitrogens is 1. The molecule has 0 spiro atoms. The number of benzene rings is 2. The SMILES string of the molecule is CCOC(=O)c1c[nH]c(C(N)=O)c1-c1ccc(NC(=O)CCCc2cccc(C(F)(F)F)c2)cc1. The molecule has 2 amide bonds. The van der Waals surface area contributed by atoms with Gasteiger partial charge in [-0.25, -0.2) is 4.79 Å². The molecule has 0 aliphatic heterocycles. The molecule has 3 aromatic rings. The number of aryl methyl sites for hydroxylation is 1. The minimum atomic E-state index is -4.41. The fourth-order valence-electron chi connectivity index (χ4n) is 3.59. The highest BCUT2D eigenvalue weighted by Gasteiger charge is 2.30. The molecule has 35 heavy (non-hydrogen) atoms. The van der Waals surface area contributed by atoms with Gasteiger partial charge in [0.1, 0.15) is 5.69 Å². The van der Waals surface area contributed by atoms with Gasteiger partial charge in [0, 0.05) is 23.9 Å². The van der Waals surface area contributed by atoms with Crippen molar-refractivity contribution in [1.29, 1.82) is 0 Å². The predicted octanol–water partition coefficient (Wildman–Crippen LogP) is 4.94. The van der Waals surface area contributed by atoms with Gasteiger partial charge in [0.2, 0.25) is 5.91 Å². The van der Waals surface area contributed by atoms with Crippen molar-refractivity contribution < 1.29 is 32.3 Å². The summed E-state index contributed by atoms with van der Waals surface area (Å²) in [7, 11) is 0.